The standard InChI is InChI=1S/C10H20N4/c1-8(2)11-6-9-12-7-13-14(9)10(3,4)5/h7-8,11H,6H2,1-5H3. The number of nitrogens with one attached hydrogen (secondary N) is 1. The molecule has 0 unspecified atom stereocenters. The van der Waals surface area contributed by atoms with Gasteiger partial charge in [0.05, 0.1) is 12.1 Å². The fraction of sp³-hybridized carbons (Fsp3) is 0.800. The summed E-state index contributed by atoms with van der Waals surface area (Å²) < 4.78 is 1.96. The highest BCUT2D eigenvalue weighted by Crippen LogP contribution is 2.13. The quantitative estimate of drug-likeness (QED) is 0.797. The molecule has 0 aromatic carbocycles. The average molecular weight is 196 g/mol. The SMILES string of the molecule is CC(C)NCc1ncnn1C(C)(C)C. The molecular weight excluding hydrogens is 176 g/mol. The van der Waals surface area contributed by atoms with Crippen LogP contribution in [0.5, 0.6) is 0 Å². The lowest BCUT2D eigenvalue weighted by molar-refractivity contribution is 0.335. The zero-order chi connectivity index (χ0) is 10.8. The van der Waals surface area contributed by atoms with Crippen LogP contribution in [-0.4, -0.2) is 20.8 Å². The second kappa shape index (κ2) is 4.09. The summed E-state index contributed by atoms with van der Waals surface area (Å²) in [6.45, 7) is 11.4. The molecule has 4 nitrogen and oxygen atoms in total. The Balaban J connectivity index is 2.73. The maximum atomic E-state index is 4.24. The third-order valence-corrected chi connectivity index (χ3v) is 1.92. The van der Waals surface area contributed by atoms with Gasteiger partial charge in [0.2, 0.25) is 0 Å². The van der Waals surface area contributed by atoms with E-state index in [1.54, 1.807) is 6.33 Å². The van der Waals surface area contributed by atoms with Crippen molar-refractivity contribution < 1.29 is 0 Å². The number of hydrogen-bond donors (Lipinski definition) is 1. The molecule has 1 N–H and O–H groups in total. The van der Waals surface area contributed by atoms with E-state index >= 15 is 0 Å². The van der Waals surface area contributed by atoms with E-state index in [0.717, 1.165) is 12.4 Å². The highest BCUT2D eigenvalue weighted by Gasteiger charge is 2.17. The van der Waals surface area contributed by atoms with Crippen molar-refractivity contribution in [3.8, 4) is 0 Å². The smallest absolute Gasteiger partial charge is 0.141 e. The van der Waals surface area contributed by atoms with E-state index in [1.807, 2.05) is 4.68 Å². The summed E-state index contributed by atoms with van der Waals surface area (Å²) in [6, 6.07) is 0.472. The molecule has 0 fully saturated rings. The molecule has 1 rings (SSSR count). The van der Waals surface area contributed by atoms with Crippen molar-refractivity contribution in [2.24, 2.45) is 0 Å². The van der Waals surface area contributed by atoms with Crippen molar-refractivity contribution in [1.82, 2.24) is 20.1 Å². The maximum Gasteiger partial charge on any atom is 0.141 e. The van der Waals surface area contributed by atoms with Crippen molar-refractivity contribution in [2.75, 3.05) is 0 Å². The minimum Gasteiger partial charge on any atom is -0.308 e. The molecule has 1 aromatic rings. The van der Waals surface area contributed by atoms with E-state index in [9.17, 15) is 0 Å². The molecule has 0 radical (unpaired) electrons. The van der Waals surface area contributed by atoms with E-state index in [1.165, 1.54) is 0 Å². The molecule has 0 aliphatic rings. The van der Waals surface area contributed by atoms with Crippen LogP contribution in [0.25, 0.3) is 0 Å². The van der Waals surface area contributed by atoms with Gasteiger partial charge >= 0.3 is 0 Å². The van der Waals surface area contributed by atoms with Crippen LogP contribution >= 0.6 is 0 Å². The zero-order valence-corrected chi connectivity index (χ0v) is 9.70. The van der Waals surface area contributed by atoms with Crippen LogP contribution in [0.4, 0.5) is 0 Å². The van der Waals surface area contributed by atoms with Crippen LogP contribution in [0.1, 0.15) is 40.4 Å². The van der Waals surface area contributed by atoms with Gasteiger partial charge in [0, 0.05) is 6.04 Å². The number of hydrogen-bond acceptors (Lipinski definition) is 3. The summed E-state index contributed by atoms with van der Waals surface area (Å²) in [5.74, 6) is 0.992. The normalized spacial score (nSPS) is 12.4. The van der Waals surface area contributed by atoms with Crippen molar-refractivity contribution in [2.45, 2.75) is 52.7 Å². The molecule has 0 saturated carbocycles. The van der Waals surface area contributed by atoms with Crippen LogP contribution in [0.2, 0.25) is 0 Å². The van der Waals surface area contributed by atoms with Gasteiger partial charge < -0.3 is 5.32 Å². The Kier molecular flexibility index (Phi) is 3.26. The number of nitrogens with zero attached hydrogens (tertiary/aromatic N) is 3. The summed E-state index contributed by atoms with van der Waals surface area (Å²) in [5.41, 5.74) is 0.00446. The predicted octanol–water partition coefficient (Wildman–Crippen LogP) is 1.53. The van der Waals surface area contributed by atoms with Gasteiger partial charge in [-0.05, 0) is 20.8 Å². The molecular formula is C10H20N4. The topological polar surface area (TPSA) is 42.7 Å². The highest BCUT2D eigenvalue weighted by molar-refractivity contribution is 4.89. The predicted molar refractivity (Wildman–Crippen MR) is 57.0 cm³/mol. The van der Waals surface area contributed by atoms with Crippen molar-refractivity contribution in [1.29, 1.82) is 0 Å². The summed E-state index contributed by atoms with van der Waals surface area (Å²) in [6.07, 6.45) is 1.61. The Morgan fingerprint density at radius 3 is 2.57 bits per heavy atom. The van der Waals surface area contributed by atoms with Crippen LogP contribution in [0.15, 0.2) is 6.33 Å². The highest BCUT2D eigenvalue weighted by atomic mass is 15.4. The first-order valence-corrected chi connectivity index (χ1v) is 5.04. The van der Waals surface area contributed by atoms with Crippen molar-refractivity contribution in [3.05, 3.63) is 12.2 Å². The van der Waals surface area contributed by atoms with Gasteiger partial charge in [-0.1, -0.05) is 13.8 Å². The third kappa shape index (κ3) is 2.80. The molecule has 0 aliphatic heterocycles. The first-order valence-electron chi connectivity index (χ1n) is 5.04. The van der Waals surface area contributed by atoms with Gasteiger partial charge in [0.1, 0.15) is 12.2 Å². The molecule has 0 saturated heterocycles. The lowest BCUT2D eigenvalue weighted by Crippen LogP contribution is -2.30. The first kappa shape index (κ1) is 11.2. The van der Waals surface area contributed by atoms with E-state index in [0.29, 0.717) is 6.04 Å². The number of aromatic nitrogens is 3. The lowest BCUT2D eigenvalue weighted by atomic mass is 10.1. The summed E-state index contributed by atoms with van der Waals surface area (Å²) in [4.78, 5) is 4.24. The Morgan fingerprint density at radius 2 is 2.07 bits per heavy atom. The van der Waals surface area contributed by atoms with E-state index in [-0.39, 0.29) is 5.54 Å². The second-order valence-electron chi connectivity index (χ2n) is 4.79. The Morgan fingerprint density at radius 1 is 1.43 bits per heavy atom. The minimum atomic E-state index is 0.00446. The Hall–Kier alpha value is -0.900. The maximum absolute atomic E-state index is 4.24. The van der Waals surface area contributed by atoms with E-state index < -0.39 is 0 Å². The van der Waals surface area contributed by atoms with Gasteiger partial charge in [0.25, 0.3) is 0 Å². The summed E-state index contributed by atoms with van der Waals surface area (Å²) in [7, 11) is 0. The van der Waals surface area contributed by atoms with Gasteiger partial charge in [0.15, 0.2) is 0 Å². The molecule has 1 heterocycles. The molecule has 0 amide bonds. The molecule has 80 valence electrons. The minimum absolute atomic E-state index is 0.00446. The molecule has 14 heavy (non-hydrogen) atoms. The van der Waals surface area contributed by atoms with Gasteiger partial charge in [-0.15, -0.1) is 0 Å². The van der Waals surface area contributed by atoms with Crippen LogP contribution < -0.4 is 5.32 Å². The molecule has 0 bridgehead atoms. The van der Waals surface area contributed by atoms with Crippen molar-refractivity contribution >= 4 is 0 Å². The molecule has 1 aromatic heterocycles. The van der Waals surface area contributed by atoms with Gasteiger partial charge in [-0.3, -0.25) is 0 Å². The molecule has 0 spiro atoms. The molecule has 0 atom stereocenters. The van der Waals surface area contributed by atoms with Crippen LogP contribution in [0.3, 0.4) is 0 Å². The van der Waals surface area contributed by atoms with Crippen molar-refractivity contribution in [3.63, 3.8) is 0 Å². The Labute approximate surface area is 85.7 Å². The number of rotatable bonds is 3. The summed E-state index contributed by atoms with van der Waals surface area (Å²) >= 11 is 0. The molecule has 0 aliphatic carbocycles. The van der Waals surface area contributed by atoms with Gasteiger partial charge in [-0.25, -0.2) is 9.67 Å². The fourth-order valence-electron chi connectivity index (χ4n) is 1.24. The zero-order valence-electron chi connectivity index (χ0n) is 9.70. The van der Waals surface area contributed by atoms with E-state index in [4.69, 9.17) is 0 Å². The first-order chi connectivity index (χ1) is 6.41. The summed E-state index contributed by atoms with van der Waals surface area (Å²) in [5, 5.41) is 7.57. The fourth-order valence-corrected chi connectivity index (χ4v) is 1.24. The largest absolute Gasteiger partial charge is 0.308 e. The van der Waals surface area contributed by atoms with E-state index in [2.05, 4.69) is 50.0 Å². The third-order valence-electron chi connectivity index (χ3n) is 1.92. The van der Waals surface area contributed by atoms with Gasteiger partial charge in [-0.2, -0.15) is 5.10 Å². The van der Waals surface area contributed by atoms with Crippen LogP contribution in [0, 0.1) is 0 Å². The average Bonchev–Trinajstić information content (AvgIpc) is 2.46. The van der Waals surface area contributed by atoms with Crippen LogP contribution in [-0.2, 0) is 12.1 Å². The second-order valence-corrected chi connectivity index (χ2v) is 4.79. The monoisotopic (exact) mass is 196 g/mol. The lowest BCUT2D eigenvalue weighted by Gasteiger charge is -2.21. The molecule has 4 heteroatoms. The Bertz CT molecular complexity index is 283.